The maximum absolute atomic E-state index is 13.6. The SMILES string of the molecule is O=C(Cn1cnc2ccccc21)N1CCC(Cn2c(C(F)(F)F)nc3ccccc32)CC1. The monoisotopic (exact) mass is 441 g/mol. The second-order valence-corrected chi connectivity index (χ2v) is 8.22. The van der Waals surface area contributed by atoms with Crippen molar-refractivity contribution in [2.24, 2.45) is 5.92 Å². The molecule has 3 heterocycles. The van der Waals surface area contributed by atoms with Gasteiger partial charge in [-0.25, -0.2) is 9.97 Å². The Morgan fingerprint density at radius 2 is 1.62 bits per heavy atom. The molecule has 5 rings (SSSR count). The molecule has 1 aliphatic heterocycles. The normalized spacial score (nSPS) is 15.7. The molecule has 2 aromatic carbocycles. The number of hydrogen-bond donors (Lipinski definition) is 0. The second kappa shape index (κ2) is 7.96. The number of alkyl halides is 3. The summed E-state index contributed by atoms with van der Waals surface area (Å²) in [5.41, 5.74) is 2.58. The molecule has 6 nitrogen and oxygen atoms in total. The fourth-order valence-corrected chi connectivity index (χ4v) is 4.48. The van der Waals surface area contributed by atoms with Crippen LogP contribution < -0.4 is 0 Å². The molecule has 9 heteroatoms. The van der Waals surface area contributed by atoms with Crippen LogP contribution in [0, 0.1) is 5.92 Å². The standard InChI is InChI=1S/C23H22F3N5O/c24-23(25,26)22-28-18-6-2-4-8-20(18)31(22)13-16-9-11-29(12-10-16)21(32)14-30-15-27-17-5-1-3-7-19(17)30/h1-8,15-16H,9-14H2. The number of carbonyl (C=O) groups is 1. The van der Waals surface area contributed by atoms with Gasteiger partial charge < -0.3 is 14.0 Å². The molecule has 1 aliphatic rings. The zero-order valence-corrected chi connectivity index (χ0v) is 17.3. The van der Waals surface area contributed by atoms with Crippen molar-refractivity contribution >= 4 is 28.0 Å². The van der Waals surface area contributed by atoms with Crippen LogP contribution >= 0.6 is 0 Å². The van der Waals surface area contributed by atoms with E-state index in [9.17, 15) is 18.0 Å². The number of imidazole rings is 2. The largest absolute Gasteiger partial charge is 0.449 e. The molecular weight excluding hydrogens is 419 g/mol. The van der Waals surface area contributed by atoms with E-state index >= 15 is 0 Å². The van der Waals surface area contributed by atoms with E-state index in [1.54, 1.807) is 35.5 Å². The van der Waals surface area contributed by atoms with Gasteiger partial charge in [0.15, 0.2) is 0 Å². The minimum atomic E-state index is -4.51. The van der Waals surface area contributed by atoms with Crippen molar-refractivity contribution in [2.75, 3.05) is 13.1 Å². The van der Waals surface area contributed by atoms with E-state index in [0.29, 0.717) is 37.0 Å². The lowest BCUT2D eigenvalue weighted by Gasteiger charge is -2.32. The molecule has 0 saturated carbocycles. The first-order valence-corrected chi connectivity index (χ1v) is 10.6. The Balaban J connectivity index is 1.26. The van der Waals surface area contributed by atoms with Crippen LogP contribution in [0.4, 0.5) is 13.2 Å². The zero-order chi connectivity index (χ0) is 22.3. The summed E-state index contributed by atoms with van der Waals surface area (Å²) in [5.74, 6) is -0.813. The average Bonchev–Trinajstić information content (AvgIpc) is 3.36. The van der Waals surface area contributed by atoms with E-state index in [2.05, 4.69) is 9.97 Å². The molecule has 2 aromatic heterocycles. The van der Waals surface area contributed by atoms with Crippen molar-refractivity contribution in [3.8, 4) is 0 Å². The number of hydrogen-bond acceptors (Lipinski definition) is 3. The third-order valence-electron chi connectivity index (χ3n) is 6.15. The topological polar surface area (TPSA) is 56.0 Å². The van der Waals surface area contributed by atoms with Crippen LogP contribution in [0.3, 0.4) is 0 Å². The molecule has 0 aliphatic carbocycles. The maximum atomic E-state index is 13.6. The van der Waals surface area contributed by atoms with Crippen molar-refractivity contribution in [3.63, 3.8) is 0 Å². The van der Waals surface area contributed by atoms with Crippen LogP contribution in [0.5, 0.6) is 0 Å². The van der Waals surface area contributed by atoms with Crippen molar-refractivity contribution in [1.82, 2.24) is 24.0 Å². The lowest BCUT2D eigenvalue weighted by Crippen LogP contribution is -2.41. The molecule has 4 aromatic rings. The summed E-state index contributed by atoms with van der Waals surface area (Å²) in [6.45, 7) is 1.51. The minimum absolute atomic E-state index is 0.00401. The van der Waals surface area contributed by atoms with Crippen LogP contribution in [-0.2, 0) is 24.1 Å². The van der Waals surface area contributed by atoms with Crippen molar-refractivity contribution in [1.29, 1.82) is 0 Å². The predicted molar refractivity (Wildman–Crippen MR) is 114 cm³/mol. The van der Waals surface area contributed by atoms with Gasteiger partial charge in [0.2, 0.25) is 11.7 Å². The second-order valence-electron chi connectivity index (χ2n) is 8.22. The molecule has 0 radical (unpaired) electrons. The number of likely N-dealkylation sites (tertiary alicyclic amines) is 1. The van der Waals surface area contributed by atoms with Gasteiger partial charge >= 0.3 is 6.18 Å². The van der Waals surface area contributed by atoms with Gasteiger partial charge in [0.25, 0.3) is 0 Å². The first-order chi connectivity index (χ1) is 15.4. The van der Waals surface area contributed by atoms with Gasteiger partial charge in [-0.2, -0.15) is 13.2 Å². The number of amides is 1. The van der Waals surface area contributed by atoms with Crippen molar-refractivity contribution in [3.05, 3.63) is 60.7 Å². The summed E-state index contributed by atoms with van der Waals surface area (Å²) >= 11 is 0. The number of fused-ring (bicyclic) bond motifs is 2. The van der Waals surface area contributed by atoms with E-state index in [1.807, 2.05) is 28.8 Å². The number of carbonyl (C=O) groups excluding carboxylic acids is 1. The molecule has 1 saturated heterocycles. The van der Waals surface area contributed by atoms with Gasteiger partial charge in [0.1, 0.15) is 6.54 Å². The van der Waals surface area contributed by atoms with Gasteiger partial charge in [-0.05, 0) is 43.0 Å². The molecule has 1 amide bonds. The van der Waals surface area contributed by atoms with Gasteiger partial charge in [0, 0.05) is 19.6 Å². The highest BCUT2D eigenvalue weighted by Crippen LogP contribution is 2.33. The lowest BCUT2D eigenvalue weighted by atomic mass is 9.96. The molecule has 0 spiro atoms. The quantitative estimate of drug-likeness (QED) is 0.473. The number of para-hydroxylation sites is 4. The predicted octanol–water partition coefficient (Wildman–Crippen LogP) is 4.34. The Morgan fingerprint density at radius 1 is 0.969 bits per heavy atom. The van der Waals surface area contributed by atoms with E-state index in [-0.39, 0.29) is 24.9 Å². The summed E-state index contributed by atoms with van der Waals surface area (Å²) in [6.07, 6.45) is -1.54. The van der Waals surface area contributed by atoms with E-state index < -0.39 is 12.0 Å². The Morgan fingerprint density at radius 3 is 2.34 bits per heavy atom. The number of piperidine rings is 1. The van der Waals surface area contributed by atoms with Crippen LogP contribution in [0.15, 0.2) is 54.9 Å². The number of halogens is 3. The van der Waals surface area contributed by atoms with Crippen LogP contribution in [-0.4, -0.2) is 43.0 Å². The number of nitrogens with zero attached hydrogens (tertiary/aromatic N) is 5. The third kappa shape index (κ3) is 3.83. The number of rotatable bonds is 4. The molecule has 0 atom stereocenters. The average molecular weight is 441 g/mol. The van der Waals surface area contributed by atoms with E-state index in [4.69, 9.17) is 0 Å². The first-order valence-electron chi connectivity index (χ1n) is 10.6. The molecule has 166 valence electrons. The fourth-order valence-electron chi connectivity index (χ4n) is 4.48. The molecule has 0 N–H and O–H groups in total. The molecule has 0 bridgehead atoms. The first kappa shape index (κ1) is 20.5. The lowest BCUT2D eigenvalue weighted by molar-refractivity contribution is -0.147. The smallest absolute Gasteiger partial charge is 0.341 e. The maximum Gasteiger partial charge on any atom is 0.449 e. The molecule has 32 heavy (non-hydrogen) atoms. The highest BCUT2D eigenvalue weighted by Gasteiger charge is 2.38. The number of aromatic nitrogens is 4. The van der Waals surface area contributed by atoms with Crippen molar-refractivity contribution in [2.45, 2.75) is 32.1 Å². The van der Waals surface area contributed by atoms with Gasteiger partial charge in [-0.3, -0.25) is 4.79 Å². The summed E-state index contributed by atoms with van der Waals surface area (Å²) in [4.78, 5) is 22.7. The Bertz CT molecular complexity index is 1270. The summed E-state index contributed by atoms with van der Waals surface area (Å²) in [5, 5.41) is 0. The minimum Gasteiger partial charge on any atom is -0.341 e. The number of benzene rings is 2. The van der Waals surface area contributed by atoms with Crippen molar-refractivity contribution < 1.29 is 18.0 Å². The summed E-state index contributed by atoms with van der Waals surface area (Å²) < 4.78 is 43.8. The zero-order valence-electron chi connectivity index (χ0n) is 17.3. The molecule has 1 fully saturated rings. The molecule has 0 unspecified atom stereocenters. The third-order valence-corrected chi connectivity index (χ3v) is 6.15. The Labute approximate surface area is 182 Å². The van der Waals surface area contributed by atoms with Gasteiger partial charge in [0.05, 0.1) is 28.4 Å². The summed E-state index contributed by atoms with van der Waals surface area (Å²) in [7, 11) is 0. The van der Waals surface area contributed by atoms with Crippen LogP contribution in [0.25, 0.3) is 22.1 Å². The highest BCUT2D eigenvalue weighted by atomic mass is 19.4. The summed E-state index contributed by atoms with van der Waals surface area (Å²) in [6, 6.07) is 14.3. The van der Waals surface area contributed by atoms with E-state index in [0.717, 1.165) is 11.0 Å². The Hall–Kier alpha value is -3.36. The van der Waals surface area contributed by atoms with Crippen LogP contribution in [0.1, 0.15) is 18.7 Å². The van der Waals surface area contributed by atoms with Crippen LogP contribution in [0.2, 0.25) is 0 Å². The highest BCUT2D eigenvalue weighted by molar-refractivity contribution is 5.80. The van der Waals surface area contributed by atoms with Gasteiger partial charge in [-0.15, -0.1) is 0 Å². The van der Waals surface area contributed by atoms with E-state index in [1.165, 1.54) is 4.57 Å². The fraction of sp³-hybridized carbons (Fsp3) is 0.348. The molecular formula is C23H22F3N5O. The Kier molecular flexibility index (Phi) is 5.11. The van der Waals surface area contributed by atoms with Gasteiger partial charge in [-0.1, -0.05) is 24.3 Å².